The van der Waals surface area contributed by atoms with Crippen molar-refractivity contribution >= 4 is 23.2 Å². The molecular formula is C13H16Cl2FN. The summed E-state index contributed by atoms with van der Waals surface area (Å²) in [5.74, 6) is 0.366. The lowest BCUT2D eigenvalue weighted by atomic mass is 10.0. The molecule has 0 aliphatic heterocycles. The van der Waals surface area contributed by atoms with Crippen LogP contribution in [0.4, 0.5) is 4.39 Å². The molecule has 0 heterocycles. The molecule has 0 radical (unpaired) electrons. The van der Waals surface area contributed by atoms with E-state index < -0.39 is 0 Å². The third-order valence-electron chi connectivity index (χ3n) is 3.40. The maximum Gasteiger partial charge on any atom is 0.142 e. The van der Waals surface area contributed by atoms with E-state index in [4.69, 9.17) is 23.2 Å². The third kappa shape index (κ3) is 3.57. The molecule has 1 nitrogen and oxygen atoms in total. The van der Waals surface area contributed by atoms with E-state index in [1.165, 1.54) is 18.9 Å². The highest BCUT2D eigenvalue weighted by Crippen LogP contribution is 2.48. The number of nitrogens with one attached hydrogen (secondary N) is 1. The summed E-state index contributed by atoms with van der Waals surface area (Å²) in [6, 6.07) is 4.93. The summed E-state index contributed by atoms with van der Waals surface area (Å²) in [6.07, 6.45) is 3.57. The Morgan fingerprint density at radius 2 is 2.12 bits per heavy atom. The minimum absolute atomic E-state index is 0.176. The first-order valence-corrected chi connectivity index (χ1v) is 6.77. The summed E-state index contributed by atoms with van der Waals surface area (Å²) in [6.45, 7) is 1.64. The van der Waals surface area contributed by atoms with Gasteiger partial charge in [0, 0.05) is 19.0 Å². The lowest BCUT2D eigenvalue weighted by Gasteiger charge is -2.14. The maximum atomic E-state index is 13.2. The average molecular weight is 276 g/mol. The largest absolute Gasteiger partial charge is 0.312 e. The van der Waals surface area contributed by atoms with Crippen LogP contribution in [-0.2, 0) is 6.54 Å². The van der Waals surface area contributed by atoms with E-state index in [2.05, 4.69) is 5.32 Å². The van der Waals surface area contributed by atoms with E-state index in [9.17, 15) is 4.39 Å². The molecule has 1 saturated carbocycles. The van der Waals surface area contributed by atoms with Gasteiger partial charge < -0.3 is 5.32 Å². The van der Waals surface area contributed by atoms with Crippen LogP contribution < -0.4 is 5.32 Å². The Morgan fingerprint density at radius 3 is 2.71 bits per heavy atom. The molecule has 1 N–H and O–H groups in total. The molecule has 0 saturated heterocycles. The summed E-state index contributed by atoms with van der Waals surface area (Å²) in [5, 5.41) is 3.54. The predicted molar refractivity (Wildman–Crippen MR) is 70.1 cm³/mol. The van der Waals surface area contributed by atoms with Crippen molar-refractivity contribution < 1.29 is 4.39 Å². The van der Waals surface area contributed by atoms with Gasteiger partial charge >= 0.3 is 0 Å². The Labute approximate surface area is 111 Å². The minimum Gasteiger partial charge on any atom is -0.312 e. The number of alkyl halides is 1. The van der Waals surface area contributed by atoms with E-state index in [1.54, 1.807) is 6.07 Å². The van der Waals surface area contributed by atoms with Crippen molar-refractivity contribution in [3.05, 3.63) is 34.6 Å². The zero-order valence-corrected chi connectivity index (χ0v) is 11.1. The number of halogens is 3. The van der Waals surface area contributed by atoms with Crippen molar-refractivity contribution in [2.75, 3.05) is 12.4 Å². The van der Waals surface area contributed by atoms with Gasteiger partial charge in [-0.2, -0.15) is 0 Å². The van der Waals surface area contributed by atoms with E-state index in [-0.39, 0.29) is 10.8 Å². The fourth-order valence-electron chi connectivity index (χ4n) is 2.01. The quantitative estimate of drug-likeness (QED) is 0.775. The molecule has 0 aromatic heterocycles. The normalized spacial score (nSPS) is 17.1. The van der Waals surface area contributed by atoms with Gasteiger partial charge in [-0.05, 0) is 42.4 Å². The molecule has 1 aliphatic rings. The molecule has 1 aromatic rings. The van der Waals surface area contributed by atoms with Crippen LogP contribution in [0.15, 0.2) is 18.2 Å². The first-order valence-electron chi connectivity index (χ1n) is 5.86. The Balaban J connectivity index is 1.80. The van der Waals surface area contributed by atoms with Crippen molar-refractivity contribution in [1.82, 2.24) is 5.32 Å². The Hall–Kier alpha value is -0.310. The molecule has 0 spiro atoms. The average Bonchev–Trinajstić information content (AvgIpc) is 3.04. The standard InChI is InChI=1S/C13H16Cl2FN/c14-6-5-13(3-4-13)9-17-8-10-1-2-11(15)12(16)7-10/h1-2,7,17H,3-6,8-9H2. The predicted octanol–water partition coefficient (Wildman–Crippen LogP) is 3.98. The maximum absolute atomic E-state index is 13.2. The summed E-state index contributed by atoms with van der Waals surface area (Å²) >= 11 is 11.4. The van der Waals surface area contributed by atoms with Crippen molar-refractivity contribution in [3.8, 4) is 0 Å². The van der Waals surface area contributed by atoms with E-state index in [0.717, 1.165) is 24.4 Å². The molecule has 17 heavy (non-hydrogen) atoms. The van der Waals surface area contributed by atoms with Crippen LogP contribution in [0.25, 0.3) is 0 Å². The van der Waals surface area contributed by atoms with Crippen LogP contribution in [0.2, 0.25) is 5.02 Å². The monoisotopic (exact) mass is 275 g/mol. The fraction of sp³-hybridized carbons (Fsp3) is 0.538. The second-order valence-corrected chi connectivity index (χ2v) is 5.58. The molecule has 94 valence electrons. The fourth-order valence-corrected chi connectivity index (χ4v) is 2.53. The summed E-state index contributed by atoms with van der Waals surface area (Å²) in [7, 11) is 0. The second kappa shape index (κ2) is 5.55. The van der Waals surface area contributed by atoms with E-state index in [1.807, 2.05) is 6.07 Å². The highest BCUT2D eigenvalue weighted by Gasteiger charge is 2.40. The molecule has 1 aromatic carbocycles. The van der Waals surface area contributed by atoms with Crippen molar-refractivity contribution in [2.24, 2.45) is 5.41 Å². The van der Waals surface area contributed by atoms with Gasteiger partial charge in [0.05, 0.1) is 5.02 Å². The molecule has 4 heteroatoms. The van der Waals surface area contributed by atoms with Crippen molar-refractivity contribution in [1.29, 1.82) is 0 Å². The minimum atomic E-state index is -0.354. The smallest absolute Gasteiger partial charge is 0.142 e. The number of hydrogen-bond acceptors (Lipinski definition) is 1. The molecule has 0 bridgehead atoms. The molecule has 1 fully saturated rings. The Morgan fingerprint density at radius 1 is 1.35 bits per heavy atom. The van der Waals surface area contributed by atoms with Crippen LogP contribution in [0, 0.1) is 11.2 Å². The van der Waals surface area contributed by atoms with Gasteiger partial charge in [-0.3, -0.25) is 0 Å². The molecule has 0 atom stereocenters. The first-order chi connectivity index (χ1) is 8.15. The zero-order chi connectivity index (χ0) is 12.3. The first kappa shape index (κ1) is 13.1. The van der Waals surface area contributed by atoms with Gasteiger partial charge in [0.25, 0.3) is 0 Å². The lowest BCUT2D eigenvalue weighted by Crippen LogP contribution is -2.24. The Bertz CT molecular complexity index is 391. The van der Waals surface area contributed by atoms with Crippen LogP contribution >= 0.6 is 23.2 Å². The van der Waals surface area contributed by atoms with Gasteiger partial charge in [-0.25, -0.2) is 4.39 Å². The molecule has 1 aliphatic carbocycles. The number of benzene rings is 1. The van der Waals surface area contributed by atoms with Gasteiger partial charge in [0.1, 0.15) is 5.82 Å². The van der Waals surface area contributed by atoms with Gasteiger partial charge in [-0.15, -0.1) is 11.6 Å². The molecule has 0 unspecified atom stereocenters. The van der Waals surface area contributed by atoms with Crippen LogP contribution in [0.1, 0.15) is 24.8 Å². The molecule has 2 rings (SSSR count). The lowest BCUT2D eigenvalue weighted by molar-refractivity contribution is 0.445. The van der Waals surface area contributed by atoms with Crippen molar-refractivity contribution in [3.63, 3.8) is 0 Å². The SMILES string of the molecule is Fc1cc(CNCC2(CCCl)CC2)ccc1Cl. The molecule has 0 amide bonds. The summed E-state index contributed by atoms with van der Waals surface area (Å²) in [4.78, 5) is 0. The van der Waals surface area contributed by atoms with Crippen LogP contribution in [0.3, 0.4) is 0 Å². The highest BCUT2D eigenvalue weighted by atomic mass is 35.5. The van der Waals surface area contributed by atoms with Gasteiger partial charge in [0.15, 0.2) is 0 Å². The second-order valence-electron chi connectivity index (χ2n) is 4.79. The molecular weight excluding hydrogens is 260 g/mol. The summed E-state index contributed by atoms with van der Waals surface area (Å²) < 4.78 is 13.2. The van der Waals surface area contributed by atoms with Crippen molar-refractivity contribution in [2.45, 2.75) is 25.8 Å². The van der Waals surface area contributed by atoms with Gasteiger partial charge in [0.2, 0.25) is 0 Å². The van der Waals surface area contributed by atoms with E-state index in [0.29, 0.717) is 12.0 Å². The van der Waals surface area contributed by atoms with Crippen LogP contribution in [0.5, 0.6) is 0 Å². The number of rotatable bonds is 6. The zero-order valence-electron chi connectivity index (χ0n) is 9.61. The van der Waals surface area contributed by atoms with Gasteiger partial charge in [-0.1, -0.05) is 17.7 Å². The highest BCUT2D eigenvalue weighted by molar-refractivity contribution is 6.30. The van der Waals surface area contributed by atoms with E-state index >= 15 is 0 Å². The Kier molecular flexibility index (Phi) is 4.29. The third-order valence-corrected chi connectivity index (χ3v) is 3.89. The summed E-state index contributed by atoms with van der Waals surface area (Å²) in [5.41, 5.74) is 1.33. The number of hydrogen-bond donors (Lipinski definition) is 1. The topological polar surface area (TPSA) is 12.0 Å². The van der Waals surface area contributed by atoms with Crippen LogP contribution in [-0.4, -0.2) is 12.4 Å².